The fraction of sp³-hybridized carbons (Fsp3) is 0.231. The van der Waals surface area contributed by atoms with Crippen molar-refractivity contribution < 1.29 is 9.53 Å². The fourth-order valence-corrected chi connectivity index (χ4v) is 2.26. The van der Waals surface area contributed by atoms with Gasteiger partial charge >= 0.3 is 5.97 Å². The number of nitrogens with two attached hydrogens (primary N) is 1. The van der Waals surface area contributed by atoms with Crippen molar-refractivity contribution in [2.24, 2.45) is 0 Å². The zero-order chi connectivity index (χ0) is 13.7. The van der Waals surface area contributed by atoms with E-state index < -0.39 is 0 Å². The molecule has 0 aliphatic rings. The van der Waals surface area contributed by atoms with Gasteiger partial charge in [0.05, 0.1) is 29.1 Å². The Morgan fingerprint density at radius 2 is 2.37 bits per heavy atom. The Kier molecular flexibility index (Phi) is 4.35. The molecule has 1 heterocycles. The van der Waals surface area contributed by atoms with Crippen LogP contribution in [0.15, 0.2) is 29.8 Å². The second-order valence-corrected chi connectivity index (χ2v) is 4.88. The monoisotopic (exact) mass is 277 g/mol. The first-order valence-electron chi connectivity index (χ1n) is 5.81. The van der Waals surface area contributed by atoms with Crippen LogP contribution < -0.4 is 11.1 Å². The number of nitrogens with one attached hydrogen (secondary N) is 1. The summed E-state index contributed by atoms with van der Waals surface area (Å²) in [7, 11) is 1.36. The number of esters is 1. The van der Waals surface area contributed by atoms with Crippen molar-refractivity contribution >= 4 is 28.7 Å². The molecule has 2 aromatic rings. The summed E-state index contributed by atoms with van der Waals surface area (Å²) in [6.45, 7) is 0.711. The summed E-state index contributed by atoms with van der Waals surface area (Å²) in [5, 5.41) is 6.22. The van der Waals surface area contributed by atoms with Gasteiger partial charge in [0.1, 0.15) is 0 Å². The Bertz CT molecular complexity index is 555. The lowest BCUT2D eigenvalue weighted by Gasteiger charge is -2.10. The van der Waals surface area contributed by atoms with Crippen LogP contribution in [0.2, 0.25) is 0 Å². The number of hydrogen-bond acceptors (Lipinski definition) is 6. The molecule has 0 aliphatic heterocycles. The van der Waals surface area contributed by atoms with Crippen molar-refractivity contribution in [2.45, 2.75) is 6.42 Å². The molecule has 1 aromatic heterocycles. The van der Waals surface area contributed by atoms with E-state index in [1.807, 2.05) is 5.38 Å². The van der Waals surface area contributed by atoms with Gasteiger partial charge < -0.3 is 15.8 Å². The molecule has 100 valence electrons. The van der Waals surface area contributed by atoms with Gasteiger partial charge in [-0.05, 0) is 18.2 Å². The number of nitrogen functional groups attached to an aromatic ring is 1. The Hall–Kier alpha value is -2.08. The highest BCUT2D eigenvalue weighted by Gasteiger charge is 2.08. The van der Waals surface area contributed by atoms with E-state index >= 15 is 0 Å². The van der Waals surface area contributed by atoms with Crippen LogP contribution in [0.3, 0.4) is 0 Å². The van der Waals surface area contributed by atoms with Crippen LogP contribution in [-0.4, -0.2) is 24.6 Å². The maximum atomic E-state index is 11.4. The van der Waals surface area contributed by atoms with Gasteiger partial charge in [-0.2, -0.15) is 0 Å². The largest absolute Gasteiger partial charge is 0.465 e. The molecular weight excluding hydrogens is 262 g/mol. The first-order valence-corrected chi connectivity index (χ1v) is 6.68. The van der Waals surface area contributed by atoms with E-state index in [0.717, 1.165) is 17.1 Å². The van der Waals surface area contributed by atoms with Crippen molar-refractivity contribution in [3.8, 4) is 0 Å². The van der Waals surface area contributed by atoms with Gasteiger partial charge in [0, 0.05) is 24.5 Å². The fourth-order valence-electron chi connectivity index (χ4n) is 1.63. The van der Waals surface area contributed by atoms with E-state index in [1.54, 1.807) is 35.7 Å². The first kappa shape index (κ1) is 13.4. The Morgan fingerprint density at radius 1 is 1.53 bits per heavy atom. The lowest BCUT2D eigenvalue weighted by molar-refractivity contribution is 0.0601. The molecule has 0 unspecified atom stereocenters. The SMILES string of the molecule is COC(=O)c1ccc(N)c(NCCc2nccs2)c1. The molecule has 0 radical (unpaired) electrons. The van der Waals surface area contributed by atoms with Gasteiger partial charge in [-0.1, -0.05) is 0 Å². The molecule has 0 saturated heterocycles. The smallest absolute Gasteiger partial charge is 0.337 e. The molecule has 3 N–H and O–H groups in total. The standard InChI is InChI=1S/C13H15N3O2S/c1-18-13(17)9-2-3-10(14)11(8-9)15-5-4-12-16-6-7-19-12/h2-3,6-8,15H,4-5,14H2,1H3. The van der Waals surface area contributed by atoms with E-state index in [0.29, 0.717) is 17.8 Å². The molecule has 0 spiro atoms. The van der Waals surface area contributed by atoms with E-state index in [-0.39, 0.29) is 5.97 Å². The minimum absolute atomic E-state index is 0.372. The van der Waals surface area contributed by atoms with Gasteiger partial charge in [0.15, 0.2) is 0 Å². The zero-order valence-corrected chi connectivity index (χ0v) is 11.4. The van der Waals surface area contributed by atoms with E-state index in [1.165, 1.54) is 7.11 Å². The van der Waals surface area contributed by atoms with Gasteiger partial charge in [-0.15, -0.1) is 11.3 Å². The molecule has 5 nitrogen and oxygen atoms in total. The molecule has 0 amide bonds. The quantitative estimate of drug-likeness (QED) is 0.647. The number of anilines is 2. The summed E-state index contributed by atoms with van der Waals surface area (Å²) in [4.78, 5) is 15.6. The summed E-state index contributed by atoms with van der Waals surface area (Å²) in [5.74, 6) is -0.372. The molecule has 0 aliphatic carbocycles. The van der Waals surface area contributed by atoms with E-state index in [2.05, 4.69) is 15.0 Å². The third-order valence-electron chi connectivity index (χ3n) is 2.61. The zero-order valence-electron chi connectivity index (χ0n) is 10.6. The molecular formula is C13H15N3O2S. The maximum Gasteiger partial charge on any atom is 0.337 e. The average molecular weight is 277 g/mol. The van der Waals surface area contributed by atoms with E-state index in [4.69, 9.17) is 5.73 Å². The highest BCUT2D eigenvalue weighted by molar-refractivity contribution is 7.09. The molecule has 0 fully saturated rings. The molecule has 2 rings (SSSR count). The molecule has 0 atom stereocenters. The van der Waals surface area contributed by atoms with Crippen LogP contribution in [0, 0.1) is 0 Å². The first-order chi connectivity index (χ1) is 9.20. The number of benzene rings is 1. The number of carbonyl (C=O) groups is 1. The number of ether oxygens (including phenoxy) is 1. The minimum Gasteiger partial charge on any atom is -0.465 e. The Balaban J connectivity index is 2.00. The predicted octanol–water partition coefficient (Wildman–Crippen LogP) is 2.17. The second kappa shape index (κ2) is 6.19. The normalized spacial score (nSPS) is 10.2. The van der Waals surface area contributed by atoms with Gasteiger partial charge in [-0.3, -0.25) is 0 Å². The van der Waals surface area contributed by atoms with Crippen molar-refractivity contribution in [2.75, 3.05) is 24.7 Å². The van der Waals surface area contributed by atoms with Gasteiger partial charge in [0.25, 0.3) is 0 Å². The number of thiazole rings is 1. The lowest BCUT2D eigenvalue weighted by Crippen LogP contribution is -2.09. The number of rotatable bonds is 5. The average Bonchev–Trinajstić information content (AvgIpc) is 2.93. The Morgan fingerprint density at radius 3 is 3.05 bits per heavy atom. The van der Waals surface area contributed by atoms with Crippen LogP contribution in [0.25, 0.3) is 0 Å². The lowest BCUT2D eigenvalue weighted by atomic mass is 10.1. The van der Waals surface area contributed by atoms with Crippen LogP contribution in [0.5, 0.6) is 0 Å². The number of aromatic nitrogens is 1. The number of methoxy groups -OCH3 is 1. The van der Waals surface area contributed by atoms with Crippen molar-refractivity contribution in [1.29, 1.82) is 0 Å². The third-order valence-corrected chi connectivity index (χ3v) is 3.45. The summed E-state index contributed by atoms with van der Waals surface area (Å²) >= 11 is 1.62. The van der Waals surface area contributed by atoms with Crippen LogP contribution in [0.1, 0.15) is 15.4 Å². The molecule has 6 heteroatoms. The van der Waals surface area contributed by atoms with Crippen LogP contribution >= 0.6 is 11.3 Å². The highest BCUT2D eigenvalue weighted by atomic mass is 32.1. The topological polar surface area (TPSA) is 77.2 Å². The predicted molar refractivity (Wildman–Crippen MR) is 76.5 cm³/mol. The van der Waals surface area contributed by atoms with Gasteiger partial charge in [-0.25, -0.2) is 9.78 Å². The maximum absolute atomic E-state index is 11.4. The van der Waals surface area contributed by atoms with Crippen molar-refractivity contribution in [3.05, 3.63) is 40.3 Å². The van der Waals surface area contributed by atoms with Crippen LogP contribution in [-0.2, 0) is 11.2 Å². The molecule has 19 heavy (non-hydrogen) atoms. The number of carbonyl (C=O) groups excluding carboxylic acids is 1. The molecule has 0 bridgehead atoms. The highest BCUT2D eigenvalue weighted by Crippen LogP contribution is 2.20. The summed E-state index contributed by atoms with van der Waals surface area (Å²) in [6, 6.07) is 5.04. The summed E-state index contributed by atoms with van der Waals surface area (Å²) in [5.41, 5.74) is 7.68. The third kappa shape index (κ3) is 3.45. The van der Waals surface area contributed by atoms with Crippen LogP contribution in [0.4, 0.5) is 11.4 Å². The van der Waals surface area contributed by atoms with Crippen molar-refractivity contribution in [3.63, 3.8) is 0 Å². The second-order valence-electron chi connectivity index (χ2n) is 3.90. The summed E-state index contributed by atoms with van der Waals surface area (Å²) < 4.78 is 4.68. The van der Waals surface area contributed by atoms with Gasteiger partial charge in [0.2, 0.25) is 0 Å². The summed E-state index contributed by atoms with van der Waals surface area (Å²) in [6.07, 6.45) is 2.60. The Labute approximate surface area is 115 Å². The van der Waals surface area contributed by atoms with Crippen molar-refractivity contribution in [1.82, 2.24) is 4.98 Å². The number of nitrogens with zero attached hydrogens (tertiary/aromatic N) is 1. The molecule has 0 saturated carbocycles. The number of hydrogen-bond donors (Lipinski definition) is 2. The van der Waals surface area contributed by atoms with E-state index in [9.17, 15) is 4.79 Å². The minimum atomic E-state index is -0.372. The molecule has 1 aromatic carbocycles.